The van der Waals surface area contributed by atoms with E-state index in [1.807, 2.05) is 12.1 Å². The van der Waals surface area contributed by atoms with Gasteiger partial charge >= 0.3 is 0 Å². The lowest BCUT2D eigenvalue weighted by Gasteiger charge is -2.19. The van der Waals surface area contributed by atoms with E-state index < -0.39 is 10.8 Å². The molecule has 2 unspecified atom stereocenters. The van der Waals surface area contributed by atoms with E-state index in [9.17, 15) is 9.00 Å². The number of carbonyl (C=O) groups excluding carboxylic acids is 1. The molecule has 0 heterocycles. The second-order valence-corrected chi connectivity index (χ2v) is 8.24. The molecule has 1 aromatic rings. The molecule has 2 atom stereocenters. The van der Waals surface area contributed by atoms with E-state index in [1.165, 1.54) is 5.56 Å². The number of hydrogen-bond donors (Lipinski definition) is 0. The maximum absolute atomic E-state index is 12.3. The Labute approximate surface area is 124 Å². The molecule has 1 aliphatic rings. The van der Waals surface area contributed by atoms with Crippen LogP contribution < -0.4 is 0 Å². The molecule has 0 bridgehead atoms. The van der Waals surface area contributed by atoms with Gasteiger partial charge in [0.2, 0.25) is 0 Å². The van der Waals surface area contributed by atoms with Gasteiger partial charge in [0.05, 0.1) is 10.8 Å². The van der Waals surface area contributed by atoms with E-state index in [0.717, 1.165) is 30.6 Å². The lowest BCUT2D eigenvalue weighted by molar-refractivity contribution is -0.120. The quantitative estimate of drug-likeness (QED) is 0.844. The summed E-state index contributed by atoms with van der Waals surface area (Å²) in [7, 11) is -0.982. The Morgan fingerprint density at radius 2 is 1.85 bits per heavy atom. The maximum Gasteiger partial charge on any atom is 0.136 e. The summed E-state index contributed by atoms with van der Waals surface area (Å²) < 4.78 is 12.3. The van der Waals surface area contributed by atoms with Crippen molar-refractivity contribution in [1.82, 2.24) is 0 Å². The second-order valence-electron chi connectivity index (χ2n) is 6.67. The number of rotatable bonds is 4. The molecule has 1 fully saturated rings. The predicted octanol–water partition coefficient (Wildman–Crippen LogP) is 3.85. The average molecular weight is 292 g/mol. The van der Waals surface area contributed by atoms with Crippen molar-refractivity contribution in [3.63, 3.8) is 0 Å². The normalized spacial score (nSPS) is 21.1. The van der Waals surface area contributed by atoms with Gasteiger partial charge in [-0.25, -0.2) is 0 Å². The van der Waals surface area contributed by atoms with Gasteiger partial charge in [0.1, 0.15) is 5.78 Å². The summed E-state index contributed by atoms with van der Waals surface area (Å²) in [4.78, 5) is 12.5. The van der Waals surface area contributed by atoms with Gasteiger partial charge in [0.25, 0.3) is 0 Å². The van der Waals surface area contributed by atoms with Crippen LogP contribution in [0.15, 0.2) is 29.2 Å². The van der Waals surface area contributed by atoms with Crippen molar-refractivity contribution in [3.8, 4) is 0 Å². The summed E-state index contributed by atoms with van der Waals surface area (Å²) in [6, 6.07) is 8.06. The monoisotopic (exact) mass is 292 g/mol. The highest BCUT2D eigenvalue weighted by atomic mass is 32.2. The third kappa shape index (κ3) is 3.78. The molecule has 1 aliphatic carbocycles. The third-order valence-corrected chi connectivity index (χ3v) is 5.47. The molecule has 2 nitrogen and oxygen atoms in total. The zero-order chi connectivity index (χ0) is 14.8. The van der Waals surface area contributed by atoms with E-state index in [2.05, 4.69) is 32.9 Å². The van der Waals surface area contributed by atoms with Gasteiger partial charge < -0.3 is 0 Å². The second kappa shape index (κ2) is 6.21. The Morgan fingerprint density at radius 3 is 2.35 bits per heavy atom. The van der Waals surface area contributed by atoms with E-state index in [4.69, 9.17) is 0 Å². The van der Waals surface area contributed by atoms with Crippen molar-refractivity contribution in [3.05, 3.63) is 29.8 Å². The van der Waals surface area contributed by atoms with Crippen molar-refractivity contribution in [2.75, 3.05) is 5.75 Å². The first kappa shape index (κ1) is 15.4. The van der Waals surface area contributed by atoms with Crippen LogP contribution in [0.25, 0.3) is 0 Å². The van der Waals surface area contributed by atoms with Crippen molar-refractivity contribution < 1.29 is 9.00 Å². The number of hydrogen-bond acceptors (Lipinski definition) is 2. The van der Waals surface area contributed by atoms with Gasteiger partial charge in [0.15, 0.2) is 0 Å². The zero-order valence-corrected chi connectivity index (χ0v) is 13.5. The number of benzene rings is 1. The molecule has 0 aromatic heterocycles. The first-order chi connectivity index (χ1) is 9.38. The summed E-state index contributed by atoms with van der Waals surface area (Å²) in [5.41, 5.74) is 1.38. The SMILES string of the molecule is CC(C)(C)c1ccc(S(=O)CCC2CCCC2=O)cc1. The summed E-state index contributed by atoms with van der Waals surface area (Å²) in [6.07, 6.45) is 3.49. The van der Waals surface area contributed by atoms with E-state index in [-0.39, 0.29) is 11.3 Å². The highest BCUT2D eigenvalue weighted by Gasteiger charge is 2.24. The minimum atomic E-state index is -0.982. The minimum Gasteiger partial charge on any atom is -0.299 e. The zero-order valence-electron chi connectivity index (χ0n) is 12.6. The molecular formula is C17H24O2S. The Morgan fingerprint density at radius 1 is 1.20 bits per heavy atom. The molecule has 110 valence electrons. The van der Waals surface area contributed by atoms with Gasteiger partial charge in [-0.15, -0.1) is 0 Å². The van der Waals surface area contributed by atoms with Crippen LogP contribution in [0.4, 0.5) is 0 Å². The summed E-state index contributed by atoms with van der Waals surface area (Å²) >= 11 is 0. The standard InChI is InChI=1S/C17H24O2S/c1-17(2,3)14-7-9-15(10-8-14)20(19)12-11-13-5-4-6-16(13)18/h7-10,13H,4-6,11-12H2,1-3H3. The fourth-order valence-corrected chi connectivity index (χ4v) is 3.84. The summed E-state index contributed by atoms with van der Waals surface area (Å²) in [5.74, 6) is 1.13. The van der Waals surface area contributed by atoms with Gasteiger partial charge in [-0.3, -0.25) is 9.00 Å². The van der Waals surface area contributed by atoms with Crippen LogP contribution in [-0.2, 0) is 21.0 Å². The molecule has 3 heteroatoms. The van der Waals surface area contributed by atoms with Crippen LogP contribution >= 0.6 is 0 Å². The lowest BCUT2D eigenvalue weighted by atomic mass is 9.87. The molecule has 20 heavy (non-hydrogen) atoms. The first-order valence-corrected chi connectivity index (χ1v) is 8.71. The van der Waals surface area contributed by atoms with Crippen LogP contribution in [0, 0.1) is 5.92 Å². The van der Waals surface area contributed by atoms with Crippen molar-refractivity contribution in [2.24, 2.45) is 5.92 Å². The molecular weight excluding hydrogens is 268 g/mol. The fourth-order valence-electron chi connectivity index (χ4n) is 2.67. The topological polar surface area (TPSA) is 34.1 Å². The highest BCUT2D eigenvalue weighted by Crippen LogP contribution is 2.26. The summed E-state index contributed by atoms with van der Waals surface area (Å²) in [6.45, 7) is 6.51. The average Bonchev–Trinajstić information content (AvgIpc) is 2.81. The number of carbonyl (C=O) groups is 1. The molecule has 0 radical (unpaired) electrons. The third-order valence-electron chi connectivity index (χ3n) is 4.07. The van der Waals surface area contributed by atoms with Crippen LogP contribution in [0.5, 0.6) is 0 Å². The minimum absolute atomic E-state index is 0.121. The Hall–Kier alpha value is -0.960. The molecule has 0 aliphatic heterocycles. The van der Waals surface area contributed by atoms with Gasteiger partial charge in [0, 0.05) is 23.0 Å². The van der Waals surface area contributed by atoms with E-state index in [0.29, 0.717) is 11.5 Å². The number of ketones is 1. The van der Waals surface area contributed by atoms with Crippen molar-refractivity contribution in [2.45, 2.75) is 56.8 Å². The first-order valence-electron chi connectivity index (χ1n) is 7.39. The van der Waals surface area contributed by atoms with E-state index >= 15 is 0 Å². The Bertz CT molecular complexity index is 497. The molecule has 0 spiro atoms. The van der Waals surface area contributed by atoms with Crippen LogP contribution in [-0.4, -0.2) is 15.7 Å². The van der Waals surface area contributed by atoms with Crippen LogP contribution in [0.3, 0.4) is 0 Å². The van der Waals surface area contributed by atoms with Gasteiger partial charge in [-0.2, -0.15) is 0 Å². The maximum atomic E-state index is 12.3. The van der Waals surface area contributed by atoms with Crippen LogP contribution in [0.1, 0.15) is 52.0 Å². The van der Waals surface area contributed by atoms with Crippen LogP contribution in [0.2, 0.25) is 0 Å². The Kier molecular flexibility index (Phi) is 4.79. The van der Waals surface area contributed by atoms with E-state index in [1.54, 1.807) is 0 Å². The largest absolute Gasteiger partial charge is 0.299 e. The fraction of sp³-hybridized carbons (Fsp3) is 0.588. The van der Waals surface area contributed by atoms with Crippen molar-refractivity contribution in [1.29, 1.82) is 0 Å². The predicted molar refractivity (Wildman–Crippen MR) is 83.4 cm³/mol. The number of Topliss-reactive ketones (excluding diaryl/α,β-unsaturated/α-hetero) is 1. The smallest absolute Gasteiger partial charge is 0.136 e. The molecule has 0 saturated heterocycles. The molecule has 2 rings (SSSR count). The molecule has 0 N–H and O–H groups in total. The Balaban J connectivity index is 1.94. The molecule has 1 aromatic carbocycles. The molecule has 1 saturated carbocycles. The summed E-state index contributed by atoms with van der Waals surface area (Å²) in [5, 5.41) is 0. The van der Waals surface area contributed by atoms with Crippen molar-refractivity contribution >= 4 is 16.6 Å². The van der Waals surface area contributed by atoms with Gasteiger partial charge in [-0.1, -0.05) is 32.9 Å². The van der Waals surface area contributed by atoms with Gasteiger partial charge in [-0.05, 0) is 42.4 Å². The highest BCUT2D eigenvalue weighted by molar-refractivity contribution is 7.85. The molecule has 0 amide bonds. The lowest BCUT2D eigenvalue weighted by Crippen LogP contribution is -2.12.